The Labute approximate surface area is 234 Å². The maximum atomic E-state index is 13.9. The van der Waals surface area contributed by atoms with Gasteiger partial charge in [0.1, 0.15) is 11.2 Å². The first-order valence-electron chi connectivity index (χ1n) is 12.9. The Kier molecular flexibility index (Phi) is 6.79. The molecule has 0 aliphatic rings. The number of pyridine rings is 1. The smallest absolute Gasteiger partial charge is 0.337 e. The van der Waals surface area contributed by atoms with Crippen LogP contribution in [0.1, 0.15) is 32.0 Å². The van der Waals surface area contributed by atoms with Gasteiger partial charge in [0.05, 0.1) is 18.4 Å². The van der Waals surface area contributed by atoms with Crippen molar-refractivity contribution in [2.24, 2.45) is 0 Å². The average molecular weight is 541 g/mol. The summed E-state index contributed by atoms with van der Waals surface area (Å²) < 4.78 is 6.39. The third-order valence-corrected chi connectivity index (χ3v) is 6.76. The van der Waals surface area contributed by atoms with Crippen molar-refractivity contribution in [2.45, 2.75) is 6.42 Å². The fourth-order valence-corrected chi connectivity index (χ4v) is 4.79. The van der Waals surface area contributed by atoms with E-state index in [0.717, 1.165) is 16.3 Å². The SMILES string of the molecule is COC(=O)c1cc(NC(=O)c2ccc3ccccc3c2)cc(-n2c(=O)c(Cc3ccccc3)nc3cccnc32)c1. The molecule has 2 heterocycles. The molecule has 0 aliphatic heterocycles. The first-order chi connectivity index (χ1) is 20.0. The van der Waals surface area contributed by atoms with E-state index in [4.69, 9.17) is 4.74 Å². The predicted molar refractivity (Wildman–Crippen MR) is 158 cm³/mol. The Morgan fingerprint density at radius 3 is 2.41 bits per heavy atom. The van der Waals surface area contributed by atoms with Crippen molar-refractivity contribution in [3.8, 4) is 5.69 Å². The summed E-state index contributed by atoms with van der Waals surface area (Å²) in [5, 5.41) is 4.82. The Balaban J connectivity index is 1.47. The average Bonchev–Trinajstić information content (AvgIpc) is 3.01. The Morgan fingerprint density at radius 1 is 0.829 bits per heavy atom. The first kappa shape index (κ1) is 25.6. The van der Waals surface area contributed by atoms with Gasteiger partial charge in [-0.3, -0.25) is 14.2 Å². The minimum Gasteiger partial charge on any atom is -0.465 e. The van der Waals surface area contributed by atoms with Crippen LogP contribution in [0.5, 0.6) is 0 Å². The van der Waals surface area contributed by atoms with Crippen molar-refractivity contribution in [3.05, 3.63) is 142 Å². The summed E-state index contributed by atoms with van der Waals surface area (Å²) in [5.74, 6) is -0.976. The molecule has 0 atom stereocenters. The van der Waals surface area contributed by atoms with Gasteiger partial charge < -0.3 is 10.1 Å². The van der Waals surface area contributed by atoms with Crippen LogP contribution in [0, 0.1) is 0 Å². The van der Waals surface area contributed by atoms with E-state index in [0.29, 0.717) is 40.2 Å². The van der Waals surface area contributed by atoms with Crippen LogP contribution in [0.3, 0.4) is 0 Å². The molecule has 0 spiro atoms. The number of esters is 1. The lowest BCUT2D eigenvalue weighted by Crippen LogP contribution is -2.26. The van der Waals surface area contributed by atoms with Crippen molar-refractivity contribution in [2.75, 3.05) is 12.4 Å². The predicted octanol–water partition coefficient (Wildman–Crippen LogP) is 5.56. The molecule has 8 heteroatoms. The van der Waals surface area contributed by atoms with Crippen molar-refractivity contribution < 1.29 is 14.3 Å². The van der Waals surface area contributed by atoms with Crippen LogP contribution in [-0.2, 0) is 11.2 Å². The molecule has 0 saturated heterocycles. The van der Waals surface area contributed by atoms with Crippen LogP contribution in [-0.4, -0.2) is 33.5 Å². The number of carbonyl (C=O) groups is 2. The number of anilines is 1. The molecule has 2 aromatic heterocycles. The molecule has 1 amide bonds. The molecule has 6 rings (SSSR count). The van der Waals surface area contributed by atoms with Crippen molar-refractivity contribution in [3.63, 3.8) is 0 Å². The van der Waals surface area contributed by atoms with E-state index >= 15 is 0 Å². The number of amides is 1. The number of benzene rings is 4. The summed E-state index contributed by atoms with van der Waals surface area (Å²) in [4.78, 5) is 48.8. The lowest BCUT2D eigenvalue weighted by atomic mass is 10.1. The zero-order valence-electron chi connectivity index (χ0n) is 22.1. The van der Waals surface area contributed by atoms with Crippen molar-refractivity contribution >= 4 is 39.5 Å². The number of aromatic nitrogens is 3. The topological polar surface area (TPSA) is 103 Å². The lowest BCUT2D eigenvalue weighted by Gasteiger charge is -2.15. The summed E-state index contributed by atoms with van der Waals surface area (Å²) in [6.07, 6.45) is 1.89. The van der Waals surface area contributed by atoms with Crippen LogP contribution in [0.25, 0.3) is 27.6 Å². The number of methoxy groups -OCH3 is 1. The van der Waals surface area contributed by atoms with Crippen LogP contribution >= 0.6 is 0 Å². The lowest BCUT2D eigenvalue weighted by molar-refractivity contribution is 0.0600. The number of hydrogen-bond acceptors (Lipinski definition) is 6. The van der Waals surface area contributed by atoms with Crippen LogP contribution in [0.2, 0.25) is 0 Å². The molecule has 1 N–H and O–H groups in total. The van der Waals surface area contributed by atoms with Gasteiger partial charge in [-0.15, -0.1) is 0 Å². The molecule has 0 aliphatic carbocycles. The third kappa shape index (κ3) is 5.18. The fourth-order valence-electron chi connectivity index (χ4n) is 4.79. The van der Waals surface area contributed by atoms with Crippen molar-refractivity contribution in [1.29, 1.82) is 0 Å². The van der Waals surface area contributed by atoms with E-state index in [-0.39, 0.29) is 17.0 Å². The molecule has 0 bridgehead atoms. The Morgan fingerprint density at radius 2 is 1.61 bits per heavy atom. The fraction of sp³-hybridized carbons (Fsp3) is 0.0606. The van der Waals surface area contributed by atoms with Crippen molar-refractivity contribution in [1.82, 2.24) is 14.5 Å². The monoisotopic (exact) mass is 540 g/mol. The van der Waals surface area contributed by atoms with E-state index in [1.807, 2.05) is 60.7 Å². The summed E-state index contributed by atoms with van der Waals surface area (Å²) in [6, 6.07) is 31.0. The Bertz CT molecular complexity index is 2000. The minimum absolute atomic E-state index is 0.163. The summed E-state index contributed by atoms with van der Waals surface area (Å²) in [6.45, 7) is 0. The largest absolute Gasteiger partial charge is 0.465 e. The summed E-state index contributed by atoms with van der Waals surface area (Å²) >= 11 is 0. The second-order valence-corrected chi connectivity index (χ2v) is 9.48. The second kappa shape index (κ2) is 10.9. The van der Waals surface area contributed by atoms with Gasteiger partial charge in [0, 0.05) is 23.9 Å². The van der Waals surface area contributed by atoms with Gasteiger partial charge in [0.15, 0.2) is 5.65 Å². The van der Waals surface area contributed by atoms with E-state index in [9.17, 15) is 14.4 Å². The van der Waals surface area contributed by atoms with Crippen LogP contribution in [0.15, 0.2) is 114 Å². The number of rotatable bonds is 6. The Hall–Kier alpha value is -5.63. The highest BCUT2D eigenvalue weighted by Crippen LogP contribution is 2.23. The zero-order chi connectivity index (χ0) is 28.3. The summed E-state index contributed by atoms with van der Waals surface area (Å²) in [5.41, 5.74) is 2.98. The molecule has 0 unspecified atom stereocenters. The van der Waals surface area contributed by atoms with Gasteiger partial charge >= 0.3 is 5.97 Å². The molecule has 0 fully saturated rings. The highest BCUT2D eigenvalue weighted by atomic mass is 16.5. The van der Waals surface area contributed by atoms with E-state index in [1.54, 1.807) is 42.6 Å². The van der Waals surface area contributed by atoms with Gasteiger partial charge in [-0.2, -0.15) is 0 Å². The highest BCUT2D eigenvalue weighted by molar-refractivity contribution is 6.07. The first-order valence-corrected chi connectivity index (χ1v) is 12.9. The number of nitrogens with zero attached hydrogens (tertiary/aromatic N) is 3. The van der Waals surface area contributed by atoms with Gasteiger partial charge in [0.2, 0.25) is 0 Å². The van der Waals surface area contributed by atoms with Gasteiger partial charge in [-0.25, -0.2) is 14.8 Å². The number of fused-ring (bicyclic) bond motifs is 2. The van der Waals surface area contributed by atoms with Crippen LogP contribution < -0.4 is 10.9 Å². The minimum atomic E-state index is -0.614. The molecule has 41 heavy (non-hydrogen) atoms. The number of carbonyl (C=O) groups excluding carboxylic acids is 2. The molecular weight excluding hydrogens is 516 g/mol. The number of ether oxygens (including phenoxy) is 1. The molecule has 8 nitrogen and oxygen atoms in total. The number of hydrogen-bond donors (Lipinski definition) is 1. The highest BCUT2D eigenvalue weighted by Gasteiger charge is 2.18. The number of nitrogens with one attached hydrogen (secondary N) is 1. The maximum Gasteiger partial charge on any atom is 0.337 e. The van der Waals surface area contributed by atoms with Gasteiger partial charge in [-0.05, 0) is 58.8 Å². The van der Waals surface area contributed by atoms with E-state index in [2.05, 4.69) is 15.3 Å². The molecule has 6 aromatic rings. The quantitative estimate of drug-likeness (QED) is 0.277. The summed E-state index contributed by atoms with van der Waals surface area (Å²) in [7, 11) is 1.27. The standard InChI is InChI=1S/C33H24N4O4/c1-41-33(40)25-18-26(35-31(38)24-14-13-22-10-5-6-11-23(22)17-24)20-27(19-25)37-30-28(12-7-15-34-30)36-29(32(37)39)16-21-8-3-2-4-9-21/h2-15,17-20H,16H2,1H3,(H,35,38). The maximum absolute atomic E-state index is 13.9. The van der Waals surface area contributed by atoms with Gasteiger partial charge in [0.25, 0.3) is 11.5 Å². The normalized spacial score (nSPS) is 11.0. The molecule has 0 saturated carbocycles. The second-order valence-electron chi connectivity index (χ2n) is 9.48. The zero-order valence-corrected chi connectivity index (χ0v) is 22.1. The van der Waals surface area contributed by atoms with E-state index in [1.165, 1.54) is 17.7 Å². The molecular formula is C33H24N4O4. The third-order valence-electron chi connectivity index (χ3n) is 6.76. The molecule has 200 valence electrons. The van der Waals surface area contributed by atoms with Crippen LogP contribution in [0.4, 0.5) is 5.69 Å². The molecule has 4 aromatic carbocycles. The van der Waals surface area contributed by atoms with Gasteiger partial charge in [-0.1, -0.05) is 60.7 Å². The molecule has 0 radical (unpaired) electrons. The van der Waals surface area contributed by atoms with E-state index < -0.39 is 5.97 Å².